The lowest BCUT2D eigenvalue weighted by Crippen LogP contribution is -2.46. The number of nitrogens with one attached hydrogen (secondary N) is 1. The summed E-state index contributed by atoms with van der Waals surface area (Å²) in [7, 11) is 1.61. The number of ether oxygens (including phenoxy) is 1. The number of carbonyl (C=O) groups excluding carboxylic acids is 1. The predicted octanol–water partition coefficient (Wildman–Crippen LogP) is 3.76. The van der Waals surface area contributed by atoms with E-state index in [1.807, 2.05) is 24.3 Å². The molecule has 0 unspecified atom stereocenters. The van der Waals surface area contributed by atoms with E-state index in [1.54, 1.807) is 13.3 Å². The molecule has 1 fully saturated rings. The number of amides is 2. The molecule has 1 aromatic heterocycles. The maximum Gasteiger partial charge on any atom is 0.317 e. The number of thiazole rings is 1. The van der Waals surface area contributed by atoms with Crippen LogP contribution in [0.25, 0.3) is 10.6 Å². The standard InChI is InChI=1S/C17H19F2N3O2S/c1-24-14-5-3-2-4-13(14)15-20-10-12(25-15)11-21-16(23)22-8-6-17(18,19)7-9-22/h2-5,10H,6-9,11H2,1H3,(H,21,23). The fraction of sp³-hybridized carbons (Fsp3) is 0.412. The number of aromatic nitrogens is 1. The third-order valence-electron chi connectivity index (χ3n) is 4.09. The first-order valence-electron chi connectivity index (χ1n) is 7.97. The Morgan fingerprint density at radius 2 is 2.08 bits per heavy atom. The van der Waals surface area contributed by atoms with E-state index in [1.165, 1.54) is 16.2 Å². The quantitative estimate of drug-likeness (QED) is 0.895. The zero-order chi connectivity index (χ0) is 17.9. The second kappa shape index (κ2) is 7.35. The van der Waals surface area contributed by atoms with E-state index in [9.17, 15) is 13.6 Å². The van der Waals surface area contributed by atoms with Crippen LogP contribution in [0.1, 0.15) is 17.7 Å². The molecule has 0 aliphatic carbocycles. The zero-order valence-corrected chi connectivity index (χ0v) is 14.6. The summed E-state index contributed by atoms with van der Waals surface area (Å²) >= 11 is 1.46. The molecular weight excluding hydrogens is 348 g/mol. The van der Waals surface area contributed by atoms with Gasteiger partial charge in [0.15, 0.2) is 0 Å². The van der Waals surface area contributed by atoms with Crippen LogP contribution in [0.15, 0.2) is 30.5 Å². The summed E-state index contributed by atoms with van der Waals surface area (Å²) in [6.45, 7) is 0.473. The molecule has 1 N–H and O–H groups in total. The van der Waals surface area contributed by atoms with Gasteiger partial charge in [-0.05, 0) is 12.1 Å². The number of carbonyl (C=O) groups is 1. The van der Waals surface area contributed by atoms with Gasteiger partial charge in [0.25, 0.3) is 5.92 Å². The summed E-state index contributed by atoms with van der Waals surface area (Å²) in [5, 5.41) is 3.58. The van der Waals surface area contributed by atoms with Crippen LogP contribution in [0.4, 0.5) is 13.6 Å². The SMILES string of the molecule is COc1ccccc1-c1ncc(CNC(=O)N2CCC(F)(F)CC2)s1. The molecule has 8 heteroatoms. The highest BCUT2D eigenvalue weighted by Crippen LogP contribution is 2.32. The smallest absolute Gasteiger partial charge is 0.317 e. The van der Waals surface area contributed by atoms with Crippen LogP contribution >= 0.6 is 11.3 Å². The minimum atomic E-state index is -2.65. The van der Waals surface area contributed by atoms with E-state index in [0.717, 1.165) is 21.2 Å². The van der Waals surface area contributed by atoms with Gasteiger partial charge in [-0.3, -0.25) is 0 Å². The van der Waals surface area contributed by atoms with E-state index in [2.05, 4.69) is 10.3 Å². The second-order valence-corrected chi connectivity index (χ2v) is 6.95. The first-order valence-corrected chi connectivity index (χ1v) is 8.79. The van der Waals surface area contributed by atoms with Crippen molar-refractivity contribution < 1.29 is 18.3 Å². The van der Waals surface area contributed by atoms with Gasteiger partial charge < -0.3 is 15.0 Å². The number of rotatable bonds is 4. The van der Waals surface area contributed by atoms with Gasteiger partial charge in [-0.1, -0.05) is 12.1 Å². The molecule has 134 valence electrons. The molecule has 2 amide bonds. The Balaban J connectivity index is 1.58. The van der Waals surface area contributed by atoms with Gasteiger partial charge in [-0.2, -0.15) is 0 Å². The molecule has 0 radical (unpaired) electrons. The number of nitrogens with zero attached hydrogens (tertiary/aromatic N) is 2. The highest BCUT2D eigenvalue weighted by Gasteiger charge is 2.35. The van der Waals surface area contributed by atoms with Crippen LogP contribution < -0.4 is 10.1 Å². The number of piperidine rings is 1. The Morgan fingerprint density at radius 1 is 1.36 bits per heavy atom. The molecule has 2 heterocycles. The van der Waals surface area contributed by atoms with Crippen LogP contribution in [0, 0.1) is 0 Å². The third kappa shape index (κ3) is 4.25. The maximum atomic E-state index is 13.1. The van der Waals surface area contributed by atoms with Crippen molar-refractivity contribution >= 4 is 17.4 Å². The van der Waals surface area contributed by atoms with Gasteiger partial charge in [0.2, 0.25) is 0 Å². The van der Waals surface area contributed by atoms with Crippen molar-refractivity contribution in [2.75, 3.05) is 20.2 Å². The molecule has 1 saturated heterocycles. The Kier molecular flexibility index (Phi) is 5.17. The van der Waals surface area contributed by atoms with Crippen LogP contribution in [-0.2, 0) is 6.54 Å². The maximum absolute atomic E-state index is 13.1. The van der Waals surface area contributed by atoms with E-state index < -0.39 is 5.92 Å². The third-order valence-corrected chi connectivity index (χ3v) is 5.12. The van der Waals surface area contributed by atoms with Crippen molar-refractivity contribution in [3.63, 3.8) is 0 Å². The average molecular weight is 367 g/mol. The molecular formula is C17H19F2N3O2S. The summed E-state index contributed by atoms with van der Waals surface area (Å²) in [5.74, 6) is -1.92. The number of likely N-dealkylation sites (tertiary alicyclic amines) is 1. The van der Waals surface area contributed by atoms with Gasteiger partial charge in [-0.15, -0.1) is 11.3 Å². The Morgan fingerprint density at radius 3 is 2.80 bits per heavy atom. The molecule has 1 aromatic carbocycles. The Bertz CT molecular complexity index is 741. The molecule has 1 aliphatic heterocycles. The molecule has 0 bridgehead atoms. The van der Waals surface area contributed by atoms with Crippen molar-refractivity contribution in [2.45, 2.75) is 25.3 Å². The lowest BCUT2D eigenvalue weighted by atomic mass is 10.1. The number of benzene rings is 1. The molecule has 2 aromatic rings. The van der Waals surface area contributed by atoms with Gasteiger partial charge in [0.05, 0.1) is 19.2 Å². The highest BCUT2D eigenvalue weighted by molar-refractivity contribution is 7.15. The van der Waals surface area contributed by atoms with Gasteiger partial charge in [0, 0.05) is 37.0 Å². The topological polar surface area (TPSA) is 54.5 Å². The molecule has 5 nitrogen and oxygen atoms in total. The fourth-order valence-electron chi connectivity index (χ4n) is 2.65. The van der Waals surface area contributed by atoms with Crippen LogP contribution in [-0.4, -0.2) is 42.0 Å². The monoisotopic (exact) mass is 367 g/mol. The molecule has 0 spiro atoms. The lowest BCUT2D eigenvalue weighted by molar-refractivity contribution is -0.0469. The van der Waals surface area contributed by atoms with Crippen molar-refractivity contribution in [3.05, 3.63) is 35.3 Å². The van der Waals surface area contributed by atoms with Crippen LogP contribution in [0.3, 0.4) is 0 Å². The van der Waals surface area contributed by atoms with Gasteiger partial charge in [0.1, 0.15) is 10.8 Å². The Labute approximate surface area is 148 Å². The predicted molar refractivity (Wildman–Crippen MR) is 92.1 cm³/mol. The normalized spacial score (nSPS) is 16.5. The molecule has 25 heavy (non-hydrogen) atoms. The van der Waals surface area contributed by atoms with E-state index in [4.69, 9.17) is 4.74 Å². The molecule has 3 rings (SSSR count). The van der Waals surface area contributed by atoms with Crippen LogP contribution in [0.2, 0.25) is 0 Å². The summed E-state index contributed by atoms with van der Waals surface area (Å²) < 4.78 is 31.6. The van der Waals surface area contributed by atoms with E-state index in [-0.39, 0.29) is 32.0 Å². The number of alkyl halides is 2. The highest BCUT2D eigenvalue weighted by atomic mass is 32.1. The second-order valence-electron chi connectivity index (χ2n) is 5.83. The first-order chi connectivity index (χ1) is 12.0. The number of hydrogen-bond acceptors (Lipinski definition) is 4. The molecule has 0 saturated carbocycles. The fourth-order valence-corrected chi connectivity index (χ4v) is 3.53. The Hall–Kier alpha value is -2.22. The number of methoxy groups -OCH3 is 1. The molecule has 0 atom stereocenters. The van der Waals surface area contributed by atoms with Crippen molar-refractivity contribution in [1.29, 1.82) is 0 Å². The zero-order valence-electron chi connectivity index (χ0n) is 13.8. The summed E-state index contributed by atoms with van der Waals surface area (Å²) in [6, 6.07) is 7.27. The number of hydrogen-bond donors (Lipinski definition) is 1. The average Bonchev–Trinajstić information content (AvgIpc) is 3.08. The van der Waals surface area contributed by atoms with Gasteiger partial charge in [-0.25, -0.2) is 18.6 Å². The minimum Gasteiger partial charge on any atom is -0.496 e. The summed E-state index contributed by atoms with van der Waals surface area (Å²) in [5.41, 5.74) is 0.894. The van der Waals surface area contributed by atoms with Crippen molar-refractivity contribution in [3.8, 4) is 16.3 Å². The number of halogens is 2. The summed E-state index contributed by atoms with van der Waals surface area (Å²) in [6.07, 6.45) is 1.15. The first kappa shape index (κ1) is 17.6. The van der Waals surface area contributed by atoms with E-state index >= 15 is 0 Å². The summed E-state index contributed by atoms with van der Waals surface area (Å²) in [4.78, 5) is 18.8. The largest absolute Gasteiger partial charge is 0.496 e. The molecule has 1 aliphatic rings. The van der Waals surface area contributed by atoms with E-state index in [0.29, 0.717) is 6.54 Å². The lowest BCUT2D eigenvalue weighted by Gasteiger charge is -2.31. The number of para-hydroxylation sites is 1. The minimum absolute atomic E-state index is 0.0774. The van der Waals surface area contributed by atoms with Crippen molar-refractivity contribution in [1.82, 2.24) is 15.2 Å². The van der Waals surface area contributed by atoms with Crippen molar-refractivity contribution in [2.24, 2.45) is 0 Å². The van der Waals surface area contributed by atoms with Gasteiger partial charge >= 0.3 is 6.03 Å². The number of urea groups is 1. The van der Waals surface area contributed by atoms with Crippen LogP contribution in [0.5, 0.6) is 5.75 Å².